The van der Waals surface area contributed by atoms with Crippen molar-refractivity contribution in [1.29, 1.82) is 0 Å². The predicted molar refractivity (Wildman–Crippen MR) is 199 cm³/mol. The zero-order valence-electron chi connectivity index (χ0n) is 31.8. The maximum absolute atomic E-state index is 17.1. The van der Waals surface area contributed by atoms with Crippen molar-refractivity contribution in [3.8, 4) is 17.3 Å². The van der Waals surface area contributed by atoms with Gasteiger partial charge in [0.25, 0.3) is 0 Å². The highest BCUT2D eigenvalue weighted by Crippen LogP contribution is 2.50. The third-order valence-electron chi connectivity index (χ3n) is 11.9. The molecule has 3 N–H and O–H groups in total. The summed E-state index contributed by atoms with van der Waals surface area (Å²) in [4.78, 5) is 36.7. The van der Waals surface area contributed by atoms with Crippen molar-refractivity contribution in [3.63, 3.8) is 0 Å². The number of nitrogens with zero attached hydrogens (tertiary/aromatic N) is 6. The Morgan fingerprint density at radius 3 is 2.37 bits per heavy atom. The Balaban J connectivity index is 0.000000337. The molecule has 2 atom stereocenters. The van der Waals surface area contributed by atoms with Crippen LogP contribution in [0.1, 0.15) is 63.4 Å². The number of aromatic nitrogens is 5. The summed E-state index contributed by atoms with van der Waals surface area (Å²) >= 11 is 6.86. The fourth-order valence-electron chi connectivity index (χ4n) is 9.17. The molecule has 0 unspecified atom stereocenters. The highest BCUT2D eigenvalue weighted by Gasteiger charge is 2.50. The Morgan fingerprint density at radius 2 is 1.67 bits per heavy atom. The van der Waals surface area contributed by atoms with Crippen LogP contribution in [0.2, 0.25) is 5.02 Å². The van der Waals surface area contributed by atoms with E-state index in [4.69, 9.17) is 55.8 Å². The molecule has 4 fully saturated rings. The molecule has 0 radical (unpaired) electrons. The lowest BCUT2D eigenvalue weighted by atomic mass is 9.62. The number of piperidine rings is 1. The number of ether oxygens (including phenoxy) is 2. The Bertz CT molecular complexity index is 2230. The van der Waals surface area contributed by atoms with Crippen LogP contribution in [-0.4, -0.2) is 122 Å². The second kappa shape index (κ2) is 16.7. The Hall–Kier alpha value is -4.63. The summed E-state index contributed by atoms with van der Waals surface area (Å²) < 4.78 is 108. The van der Waals surface area contributed by atoms with E-state index in [1.54, 1.807) is 12.4 Å². The first-order chi connectivity index (χ1) is 28.3. The SMILES string of the molecule is Fc1c2ncc3c(nc(OC[C@@]45CCCN4C[C@H](F)C5)nc13)N1CCCC3(CC(C3)OCCCCc3c(Cl)cc4[nH]ncc4c3-2)C1.O=C(O)C(F)(F)F.O=C(O)C(F)(F)F. The quantitative estimate of drug-likeness (QED) is 0.172. The number of carboxylic acid groups (broad SMARTS) is 2. The van der Waals surface area contributed by atoms with Crippen molar-refractivity contribution in [3.05, 3.63) is 34.9 Å². The molecule has 4 aromatic rings. The summed E-state index contributed by atoms with van der Waals surface area (Å²) in [6, 6.07) is 1.97. The number of rotatable bonds is 3. The summed E-state index contributed by atoms with van der Waals surface area (Å²) in [6.45, 7) is 3.88. The van der Waals surface area contributed by atoms with Crippen molar-refractivity contribution in [2.45, 2.75) is 94.4 Å². The van der Waals surface area contributed by atoms with Crippen LogP contribution in [0.3, 0.4) is 0 Å². The molecule has 1 saturated carbocycles. The lowest BCUT2D eigenvalue weighted by Crippen LogP contribution is -2.53. The van der Waals surface area contributed by atoms with E-state index in [2.05, 4.69) is 20.0 Å². The number of alkyl halides is 7. The number of hydrogen-bond donors (Lipinski definition) is 3. The van der Waals surface area contributed by atoms with E-state index in [1.807, 2.05) is 6.07 Å². The van der Waals surface area contributed by atoms with Gasteiger partial charge in [0.2, 0.25) is 0 Å². The molecule has 7 aliphatic rings. The topological polar surface area (TPSA) is 167 Å². The normalized spacial score (nSPS) is 25.4. The van der Waals surface area contributed by atoms with Gasteiger partial charge in [-0.1, -0.05) is 11.6 Å². The molecule has 1 spiro atoms. The van der Waals surface area contributed by atoms with Gasteiger partial charge in [0.15, 0.2) is 5.82 Å². The minimum Gasteiger partial charge on any atom is -0.475 e. The number of anilines is 1. The summed E-state index contributed by atoms with van der Waals surface area (Å²) in [7, 11) is 0. The first-order valence-corrected chi connectivity index (χ1v) is 19.7. The molecule has 3 aromatic heterocycles. The predicted octanol–water partition coefficient (Wildman–Crippen LogP) is 7.68. The lowest BCUT2D eigenvalue weighted by molar-refractivity contribution is -0.193. The summed E-state index contributed by atoms with van der Waals surface area (Å²) in [5.41, 5.74) is 2.31. The van der Waals surface area contributed by atoms with Crippen molar-refractivity contribution < 1.29 is 64.4 Å². The van der Waals surface area contributed by atoms with Crippen LogP contribution in [0.25, 0.3) is 33.1 Å². The number of hydrogen-bond acceptors (Lipinski definition) is 10. The lowest BCUT2D eigenvalue weighted by Gasteiger charge is -2.53. The van der Waals surface area contributed by atoms with Gasteiger partial charge in [-0.25, -0.2) is 18.4 Å². The van der Waals surface area contributed by atoms with E-state index in [9.17, 15) is 30.7 Å². The Labute approximate surface area is 341 Å². The molecule has 11 rings (SSSR count). The molecule has 6 aliphatic heterocycles. The number of carboxylic acids is 2. The number of fused-ring (bicyclic) bond motifs is 2. The van der Waals surface area contributed by atoms with Crippen molar-refractivity contribution in [1.82, 2.24) is 30.0 Å². The second-order valence-electron chi connectivity index (χ2n) is 15.9. The minimum absolute atomic E-state index is 0.120. The fraction of sp³-hybridized carbons (Fsp3) is 0.579. The summed E-state index contributed by atoms with van der Waals surface area (Å²) in [5.74, 6) is -5.41. The monoisotopic (exact) mass is 877 g/mol. The van der Waals surface area contributed by atoms with Gasteiger partial charge in [0, 0.05) is 54.8 Å². The van der Waals surface area contributed by atoms with Gasteiger partial charge in [-0.15, -0.1) is 0 Å². The summed E-state index contributed by atoms with van der Waals surface area (Å²) in [6.07, 6.45) is 1.52. The van der Waals surface area contributed by atoms with Crippen LogP contribution in [0.5, 0.6) is 6.01 Å². The van der Waals surface area contributed by atoms with E-state index < -0.39 is 36.3 Å². The molecule has 60 heavy (non-hydrogen) atoms. The van der Waals surface area contributed by atoms with Gasteiger partial charge in [0.1, 0.15) is 29.8 Å². The number of nitrogens with one attached hydrogen (secondary N) is 1. The number of aliphatic carboxylic acids is 2. The maximum atomic E-state index is 17.1. The van der Waals surface area contributed by atoms with Gasteiger partial charge in [-0.2, -0.15) is 41.4 Å². The molecular weight excluding hydrogens is 838 g/mol. The maximum Gasteiger partial charge on any atom is 0.490 e. The molecule has 1 aromatic carbocycles. The van der Waals surface area contributed by atoms with Crippen LogP contribution < -0.4 is 9.64 Å². The van der Waals surface area contributed by atoms with E-state index in [1.165, 1.54) is 0 Å². The Kier molecular flexibility index (Phi) is 12.1. The molecule has 0 amide bonds. The molecule has 7 bridgehead atoms. The van der Waals surface area contributed by atoms with E-state index in [0.29, 0.717) is 53.3 Å². The Morgan fingerprint density at radius 1 is 0.967 bits per heavy atom. The molecule has 1 aliphatic carbocycles. The van der Waals surface area contributed by atoms with Gasteiger partial charge in [-0.05, 0) is 81.4 Å². The van der Waals surface area contributed by atoms with Crippen LogP contribution in [-0.2, 0) is 20.7 Å². The molecule has 326 valence electrons. The average Bonchev–Trinajstić information content (AvgIpc) is 3.87. The second-order valence-corrected chi connectivity index (χ2v) is 16.3. The van der Waals surface area contributed by atoms with Gasteiger partial charge in [-0.3, -0.25) is 15.0 Å². The van der Waals surface area contributed by atoms with E-state index in [-0.39, 0.29) is 40.9 Å². The minimum atomic E-state index is -5.08. The number of pyridine rings is 1. The highest BCUT2D eigenvalue weighted by atomic mass is 35.5. The van der Waals surface area contributed by atoms with Crippen LogP contribution in [0, 0.1) is 11.2 Å². The van der Waals surface area contributed by atoms with Crippen molar-refractivity contribution in [2.75, 3.05) is 44.3 Å². The van der Waals surface area contributed by atoms with Crippen molar-refractivity contribution in [2.24, 2.45) is 5.41 Å². The van der Waals surface area contributed by atoms with Gasteiger partial charge in [0.05, 0.1) is 28.7 Å². The first kappa shape index (κ1) is 43.5. The standard InChI is InChI=1S/C34H38ClF2N7O2.2C2HF3O2/c35-25-11-26-23(16-39-42-26)27-22(25)5-1-2-10-45-21-13-33(14-21)6-3-8-43(18-33)31-24-15-38-30(27)28(37)29(24)40-32(41-31)46-19-34-7-4-9-44(34)17-20(36)12-34;2*3-2(4,5)1(6)7/h11,15-16,20-21H,1-10,12-14,17-19H2,(H,39,42);2*(H,6,7)/t20-,21?,33?,34+;;/m1../s1. The van der Waals surface area contributed by atoms with E-state index >= 15 is 4.39 Å². The smallest absolute Gasteiger partial charge is 0.475 e. The number of halogens is 9. The zero-order valence-corrected chi connectivity index (χ0v) is 32.6. The van der Waals surface area contributed by atoms with E-state index in [0.717, 1.165) is 82.0 Å². The molecule has 9 heterocycles. The third kappa shape index (κ3) is 8.88. The molecular formula is C38H40ClF8N7O6. The molecule has 13 nitrogen and oxygen atoms in total. The first-order valence-electron chi connectivity index (χ1n) is 19.3. The fourth-order valence-corrected chi connectivity index (χ4v) is 9.46. The number of aromatic amines is 1. The average molecular weight is 878 g/mol. The van der Waals surface area contributed by atoms with Gasteiger partial charge >= 0.3 is 30.3 Å². The number of H-pyrrole nitrogens is 1. The number of carbonyl (C=O) groups is 2. The van der Waals surface area contributed by atoms with Gasteiger partial charge < -0.3 is 24.6 Å². The van der Waals surface area contributed by atoms with Crippen LogP contribution >= 0.6 is 11.6 Å². The van der Waals surface area contributed by atoms with Crippen LogP contribution in [0.4, 0.5) is 40.9 Å². The van der Waals surface area contributed by atoms with Crippen LogP contribution in [0.15, 0.2) is 18.5 Å². The zero-order chi connectivity index (χ0) is 43.2. The molecule has 22 heteroatoms. The van der Waals surface area contributed by atoms with Crippen molar-refractivity contribution >= 4 is 51.2 Å². The largest absolute Gasteiger partial charge is 0.490 e. The third-order valence-corrected chi connectivity index (χ3v) is 12.2. The number of benzene rings is 1. The highest BCUT2D eigenvalue weighted by molar-refractivity contribution is 6.33. The molecule has 3 saturated heterocycles. The summed E-state index contributed by atoms with van der Waals surface area (Å²) in [5, 5.41) is 23.3.